The highest BCUT2D eigenvalue weighted by atomic mass is 19.1. The number of halogens is 1. The van der Waals surface area contributed by atoms with Gasteiger partial charge in [0.2, 0.25) is 12.4 Å². The van der Waals surface area contributed by atoms with E-state index >= 15 is 0 Å². The van der Waals surface area contributed by atoms with Crippen LogP contribution < -0.4 is 10.9 Å². The van der Waals surface area contributed by atoms with E-state index in [1.54, 1.807) is 18.2 Å². The van der Waals surface area contributed by atoms with Gasteiger partial charge in [-0.3, -0.25) is 4.79 Å². The molecule has 1 fully saturated rings. The summed E-state index contributed by atoms with van der Waals surface area (Å²) >= 11 is 0. The van der Waals surface area contributed by atoms with Crippen molar-refractivity contribution >= 4 is 27.8 Å². The third-order valence-electron chi connectivity index (χ3n) is 5.12. The lowest BCUT2D eigenvalue weighted by Crippen LogP contribution is -2.51. The summed E-state index contributed by atoms with van der Waals surface area (Å²) in [6.07, 6.45) is -1.20. The molecule has 0 radical (unpaired) electrons. The lowest BCUT2D eigenvalue weighted by atomic mass is 10.0. The summed E-state index contributed by atoms with van der Waals surface area (Å²) in [5.41, 5.74) is 2.08. The molecule has 30 heavy (non-hydrogen) atoms. The maximum absolute atomic E-state index is 13.8. The number of likely N-dealkylation sites (tertiary alicyclic amines) is 1. The number of likely N-dealkylation sites (N-methyl/N-ethyl adjacent to an activating group) is 1. The average Bonchev–Trinajstić information content (AvgIpc) is 3.08. The summed E-state index contributed by atoms with van der Waals surface area (Å²) in [5.74, 6) is -0.0946. The SMILES string of the molecule is CN1CC(OC(O)Nc2nc3cc(-c4n[nH]c(=O)c5ccc(F)cc45)ccc3[nH]2)C1. The standard InChI is InChI=1S/C20H19FN6O3/c1-27-8-12(9-27)30-20(29)24-19-22-15-5-2-10(6-16(15)23-19)17-14-7-11(21)3-4-13(14)18(28)26-25-17/h2-7,12,20,29H,8-9H2,1H3,(H,26,28)(H2,22,23,24). The molecule has 9 nitrogen and oxygen atoms in total. The van der Waals surface area contributed by atoms with Crippen LogP contribution in [0.5, 0.6) is 0 Å². The number of fused-ring (bicyclic) bond motifs is 2. The van der Waals surface area contributed by atoms with Gasteiger partial charge >= 0.3 is 0 Å². The highest BCUT2D eigenvalue weighted by molar-refractivity contribution is 5.95. The number of anilines is 1. The molecule has 0 amide bonds. The van der Waals surface area contributed by atoms with Crippen molar-refractivity contribution in [2.45, 2.75) is 12.5 Å². The van der Waals surface area contributed by atoms with Gasteiger partial charge < -0.3 is 25.0 Å². The second-order valence-electron chi connectivity index (χ2n) is 7.38. The second kappa shape index (κ2) is 7.17. The summed E-state index contributed by atoms with van der Waals surface area (Å²) in [6, 6.07) is 9.34. The largest absolute Gasteiger partial charge is 0.351 e. The monoisotopic (exact) mass is 410 g/mol. The van der Waals surface area contributed by atoms with Gasteiger partial charge in [-0.2, -0.15) is 5.10 Å². The minimum absolute atomic E-state index is 0.0199. The van der Waals surface area contributed by atoms with Gasteiger partial charge in [0.05, 0.1) is 28.2 Å². The van der Waals surface area contributed by atoms with Gasteiger partial charge in [-0.05, 0) is 37.4 Å². The topological polar surface area (TPSA) is 119 Å². The zero-order valence-electron chi connectivity index (χ0n) is 16.0. The molecule has 0 aliphatic carbocycles. The van der Waals surface area contributed by atoms with Gasteiger partial charge in [0.1, 0.15) is 5.82 Å². The van der Waals surface area contributed by atoms with Gasteiger partial charge in [-0.25, -0.2) is 14.5 Å². The molecule has 3 heterocycles. The van der Waals surface area contributed by atoms with Gasteiger partial charge in [0.15, 0.2) is 0 Å². The predicted molar refractivity (Wildman–Crippen MR) is 109 cm³/mol. The Morgan fingerprint density at radius 2 is 2.10 bits per heavy atom. The van der Waals surface area contributed by atoms with E-state index in [9.17, 15) is 14.3 Å². The molecule has 4 aromatic rings. The highest BCUT2D eigenvalue weighted by Gasteiger charge is 2.26. The van der Waals surface area contributed by atoms with Crippen LogP contribution in [0.15, 0.2) is 41.2 Å². The number of aromatic nitrogens is 4. The molecule has 0 spiro atoms. The Bertz CT molecular complexity index is 1300. The van der Waals surface area contributed by atoms with Crippen molar-refractivity contribution < 1.29 is 14.2 Å². The van der Waals surface area contributed by atoms with E-state index in [-0.39, 0.29) is 11.7 Å². The Kier molecular flexibility index (Phi) is 4.46. The minimum Gasteiger partial charge on any atom is -0.351 e. The quantitative estimate of drug-likeness (QED) is 0.369. The molecule has 0 saturated carbocycles. The van der Waals surface area contributed by atoms with E-state index < -0.39 is 12.2 Å². The van der Waals surface area contributed by atoms with Gasteiger partial charge in [0, 0.05) is 24.0 Å². The lowest BCUT2D eigenvalue weighted by molar-refractivity contribution is -0.156. The zero-order chi connectivity index (χ0) is 20.8. The zero-order valence-corrected chi connectivity index (χ0v) is 16.0. The van der Waals surface area contributed by atoms with E-state index in [1.165, 1.54) is 18.2 Å². The Balaban J connectivity index is 1.44. The molecule has 2 aromatic heterocycles. The normalized spacial score (nSPS) is 16.1. The number of aromatic amines is 2. The van der Waals surface area contributed by atoms with Crippen LogP contribution in [-0.2, 0) is 4.74 Å². The fourth-order valence-corrected chi connectivity index (χ4v) is 3.64. The van der Waals surface area contributed by atoms with E-state index in [4.69, 9.17) is 4.74 Å². The number of imidazole rings is 1. The van der Waals surface area contributed by atoms with Crippen LogP contribution in [0.25, 0.3) is 33.1 Å². The smallest absolute Gasteiger partial charge is 0.272 e. The number of rotatable bonds is 5. The summed E-state index contributed by atoms with van der Waals surface area (Å²) in [7, 11) is 1.98. The van der Waals surface area contributed by atoms with Crippen LogP contribution >= 0.6 is 0 Å². The van der Waals surface area contributed by atoms with Crippen LogP contribution in [0.4, 0.5) is 10.3 Å². The number of H-pyrrole nitrogens is 2. The maximum Gasteiger partial charge on any atom is 0.272 e. The Hall–Kier alpha value is -3.34. The number of nitrogens with one attached hydrogen (secondary N) is 3. The number of aliphatic hydroxyl groups is 1. The molecule has 10 heteroatoms. The molecule has 1 unspecified atom stereocenters. The molecule has 5 rings (SSSR count). The summed E-state index contributed by atoms with van der Waals surface area (Å²) < 4.78 is 19.3. The van der Waals surface area contributed by atoms with Gasteiger partial charge in [0.25, 0.3) is 5.56 Å². The predicted octanol–water partition coefficient (Wildman–Crippen LogP) is 1.62. The molecule has 1 aliphatic heterocycles. The van der Waals surface area contributed by atoms with Gasteiger partial charge in [-0.15, -0.1) is 0 Å². The first-order chi connectivity index (χ1) is 14.5. The summed E-state index contributed by atoms with van der Waals surface area (Å²) in [6.45, 7) is 1.53. The van der Waals surface area contributed by atoms with Crippen molar-refractivity contribution in [3.05, 3.63) is 52.6 Å². The maximum atomic E-state index is 13.8. The molecular weight excluding hydrogens is 391 g/mol. The number of benzene rings is 2. The molecule has 1 aliphatic rings. The minimum atomic E-state index is -1.18. The molecule has 1 saturated heterocycles. The molecule has 0 bridgehead atoms. The fraction of sp³-hybridized carbons (Fsp3) is 0.250. The first-order valence-corrected chi connectivity index (χ1v) is 9.43. The Morgan fingerprint density at radius 3 is 2.90 bits per heavy atom. The van der Waals surface area contributed by atoms with Crippen LogP contribution in [0, 0.1) is 5.82 Å². The number of hydrogen-bond acceptors (Lipinski definition) is 7. The molecular formula is C20H19FN6O3. The van der Waals surface area contributed by atoms with Gasteiger partial charge in [-0.1, -0.05) is 6.07 Å². The first kappa shape index (κ1) is 18.7. The van der Waals surface area contributed by atoms with E-state index in [0.717, 1.165) is 18.6 Å². The average molecular weight is 410 g/mol. The van der Waals surface area contributed by atoms with E-state index in [0.29, 0.717) is 33.5 Å². The summed E-state index contributed by atoms with van der Waals surface area (Å²) in [5, 5.41) is 20.2. The molecule has 4 N–H and O–H groups in total. The molecule has 154 valence electrons. The summed E-state index contributed by atoms with van der Waals surface area (Å²) in [4.78, 5) is 21.6. The molecule has 2 aromatic carbocycles. The number of ether oxygens (including phenoxy) is 1. The highest BCUT2D eigenvalue weighted by Crippen LogP contribution is 2.28. The third kappa shape index (κ3) is 3.41. The van der Waals surface area contributed by atoms with Crippen molar-refractivity contribution in [3.63, 3.8) is 0 Å². The van der Waals surface area contributed by atoms with Crippen molar-refractivity contribution in [1.29, 1.82) is 0 Å². The Morgan fingerprint density at radius 1 is 1.27 bits per heavy atom. The van der Waals surface area contributed by atoms with Crippen molar-refractivity contribution in [2.24, 2.45) is 0 Å². The lowest BCUT2D eigenvalue weighted by Gasteiger charge is -2.36. The third-order valence-corrected chi connectivity index (χ3v) is 5.12. The van der Waals surface area contributed by atoms with E-state index in [1.807, 2.05) is 7.05 Å². The number of hydrogen-bond donors (Lipinski definition) is 4. The van der Waals surface area contributed by atoms with Crippen LogP contribution in [0.2, 0.25) is 0 Å². The van der Waals surface area contributed by atoms with Crippen molar-refractivity contribution in [3.8, 4) is 11.3 Å². The Labute approximate surface area is 169 Å². The molecule has 1 atom stereocenters. The van der Waals surface area contributed by atoms with Crippen LogP contribution in [0.1, 0.15) is 0 Å². The van der Waals surface area contributed by atoms with Crippen LogP contribution in [0.3, 0.4) is 0 Å². The number of nitrogens with zero attached hydrogens (tertiary/aromatic N) is 3. The van der Waals surface area contributed by atoms with E-state index in [2.05, 4.69) is 30.4 Å². The number of aliphatic hydroxyl groups excluding tert-OH is 1. The van der Waals surface area contributed by atoms with Crippen molar-refractivity contribution in [2.75, 3.05) is 25.5 Å². The first-order valence-electron chi connectivity index (χ1n) is 9.43. The van der Waals surface area contributed by atoms with Crippen LogP contribution in [-0.4, -0.2) is 62.8 Å². The van der Waals surface area contributed by atoms with Crippen molar-refractivity contribution in [1.82, 2.24) is 25.1 Å². The second-order valence-corrected chi connectivity index (χ2v) is 7.38. The fourth-order valence-electron chi connectivity index (χ4n) is 3.64.